The van der Waals surface area contributed by atoms with Crippen LogP contribution in [0.25, 0.3) is 0 Å². The third-order valence-electron chi connectivity index (χ3n) is 3.18. The summed E-state index contributed by atoms with van der Waals surface area (Å²) in [5.74, 6) is 0. The zero-order chi connectivity index (χ0) is 14.0. The molecule has 0 aromatic heterocycles. The van der Waals surface area contributed by atoms with E-state index in [1.165, 1.54) is 4.90 Å². The minimum Gasteiger partial charge on any atom is -0.359 e. The molecule has 1 aromatic carbocycles. The number of halogens is 3. The fourth-order valence-electron chi connectivity index (χ4n) is 2.30. The summed E-state index contributed by atoms with van der Waals surface area (Å²) < 4.78 is 38.1. The van der Waals surface area contributed by atoms with Gasteiger partial charge in [-0.3, -0.25) is 0 Å². The Kier molecular flexibility index (Phi) is 4.04. The predicted octanol–water partition coefficient (Wildman–Crippen LogP) is 3.11. The molecule has 2 nitrogen and oxygen atoms in total. The molecular weight excluding hydrogens is 253 g/mol. The molecule has 1 aliphatic carbocycles. The minimum atomic E-state index is -4.18. The highest BCUT2D eigenvalue weighted by molar-refractivity contribution is 5.55. The van der Waals surface area contributed by atoms with Crippen molar-refractivity contribution < 1.29 is 13.2 Å². The molecule has 2 N–H and O–H groups in total. The van der Waals surface area contributed by atoms with Crippen LogP contribution in [0.4, 0.5) is 18.9 Å². The number of para-hydroxylation sites is 1. The van der Waals surface area contributed by atoms with Gasteiger partial charge in [0.2, 0.25) is 0 Å². The fourth-order valence-corrected chi connectivity index (χ4v) is 2.30. The third kappa shape index (κ3) is 4.13. The van der Waals surface area contributed by atoms with Crippen molar-refractivity contribution in [1.29, 1.82) is 0 Å². The van der Waals surface area contributed by atoms with E-state index >= 15 is 0 Å². The van der Waals surface area contributed by atoms with Gasteiger partial charge in [-0.25, -0.2) is 0 Å². The predicted molar refractivity (Wildman–Crippen MR) is 70.2 cm³/mol. The SMILES string of the molecule is CC(N)Cc1ccccc1N(CC(F)(F)F)C1CC1. The summed E-state index contributed by atoms with van der Waals surface area (Å²) in [5.41, 5.74) is 7.35. The quantitative estimate of drug-likeness (QED) is 0.892. The highest BCUT2D eigenvalue weighted by atomic mass is 19.4. The molecule has 0 amide bonds. The zero-order valence-electron chi connectivity index (χ0n) is 11.0. The molecule has 1 aromatic rings. The number of anilines is 1. The molecule has 19 heavy (non-hydrogen) atoms. The largest absolute Gasteiger partial charge is 0.405 e. The maximum Gasteiger partial charge on any atom is 0.405 e. The van der Waals surface area contributed by atoms with Crippen molar-refractivity contribution in [1.82, 2.24) is 0 Å². The van der Waals surface area contributed by atoms with Crippen LogP contribution >= 0.6 is 0 Å². The summed E-state index contributed by atoms with van der Waals surface area (Å²) in [6.07, 6.45) is -1.91. The van der Waals surface area contributed by atoms with Crippen LogP contribution in [0.2, 0.25) is 0 Å². The van der Waals surface area contributed by atoms with E-state index in [0.717, 1.165) is 18.4 Å². The van der Waals surface area contributed by atoms with E-state index in [1.54, 1.807) is 12.1 Å². The number of alkyl halides is 3. The highest BCUT2D eigenvalue weighted by Crippen LogP contribution is 2.36. The van der Waals surface area contributed by atoms with Crippen LogP contribution in [0.3, 0.4) is 0 Å². The molecule has 0 aliphatic heterocycles. The van der Waals surface area contributed by atoms with Gasteiger partial charge >= 0.3 is 6.18 Å². The van der Waals surface area contributed by atoms with Gasteiger partial charge in [-0.2, -0.15) is 13.2 Å². The van der Waals surface area contributed by atoms with Crippen LogP contribution in [-0.4, -0.2) is 24.8 Å². The smallest absolute Gasteiger partial charge is 0.359 e. The van der Waals surface area contributed by atoms with E-state index in [9.17, 15) is 13.2 Å². The maximum absolute atomic E-state index is 12.7. The van der Waals surface area contributed by atoms with Crippen molar-refractivity contribution in [3.8, 4) is 0 Å². The molecule has 1 saturated carbocycles. The molecule has 0 saturated heterocycles. The second-order valence-electron chi connectivity index (χ2n) is 5.28. The van der Waals surface area contributed by atoms with Gasteiger partial charge in [0, 0.05) is 17.8 Å². The molecule has 2 rings (SSSR count). The van der Waals surface area contributed by atoms with Crippen LogP contribution in [-0.2, 0) is 6.42 Å². The minimum absolute atomic E-state index is 0.0239. The van der Waals surface area contributed by atoms with Gasteiger partial charge in [0.25, 0.3) is 0 Å². The fraction of sp³-hybridized carbons (Fsp3) is 0.571. The van der Waals surface area contributed by atoms with Crippen LogP contribution in [0.15, 0.2) is 24.3 Å². The maximum atomic E-state index is 12.7. The Labute approximate surface area is 111 Å². The Hall–Kier alpha value is -1.23. The lowest BCUT2D eigenvalue weighted by atomic mass is 10.0. The topological polar surface area (TPSA) is 29.3 Å². The Morgan fingerprint density at radius 3 is 2.47 bits per heavy atom. The first-order valence-corrected chi connectivity index (χ1v) is 6.53. The standard InChI is InChI=1S/C14H19F3N2/c1-10(18)8-11-4-2-3-5-13(11)19(12-6-7-12)9-14(15,16)17/h2-5,10,12H,6-9,18H2,1H3. The lowest BCUT2D eigenvalue weighted by molar-refractivity contribution is -0.120. The Balaban J connectivity index is 2.25. The van der Waals surface area contributed by atoms with Crippen molar-refractivity contribution in [3.05, 3.63) is 29.8 Å². The first kappa shape index (κ1) is 14.2. The van der Waals surface area contributed by atoms with E-state index in [1.807, 2.05) is 19.1 Å². The van der Waals surface area contributed by atoms with Gasteiger partial charge in [-0.15, -0.1) is 0 Å². The van der Waals surface area contributed by atoms with Gasteiger partial charge in [0.15, 0.2) is 0 Å². The second-order valence-corrected chi connectivity index (χ2v) is 5.28. The molecule has 1 aliphatic rings. The van der Waals surface area contributed by atoms with E-state index in [4.69, 9.17) is 5.73 Å². The van der Waals surface area contributed by atoms with Crippen molar-refractivity contribution in [3.63, 3.8) is 0 Å². The van der Waals surface area contributed by atoms with Crippen LogP contribution in [0.5, 0.6) is 0 Å². The molecule has 106 valence electrons. The first-order valence-electron chi connectivity index (χ1n) is 6.53. The van der Waals surface area contributed by atoms with Gasteiger partial charge in [-0.1, -0.05) is 18.2 Å². The van der Waals surface area contributed by atoms with Crippen molar-refractivity contribution >= 4 is 5.69 Å². The lowest BCUT2D eigenvalue weighted by Crippen LogP contribution is -2.37. The van der Waals surface area contributed by atoms with Crippen molar-refractivity contribution in [2.75, 3.05) is 11.4 Å². The first-order chi connectivity index (χ1) is 8.87. The van der Waals surface area contributed by atoms with Crippen molar-refractivity contribution in [2.24, 2.45) is 5.73 Å². The number of rotatable bonds is 5. The average molecular weight is 272 g/mol. The summed E-state index contributed by atoms with van der Waals surface area (Å²) in [6.45, 7) is 0.982. The molecule has 0 spiro atoms. The molecule has 1 atom stereocenters. The Bertz CT molecular complexity index is 425. The molecule has 1 fully saturated rings. The molecule has 1 unspecified atom stereocenters. The Morgan fingerprint density at radius 1 is 1.32 bits per heavy atom. The van der Waals surface area contributed by atoms with Gasteiger partial charge in [0.1, 0.15) is 6.54 Å². The number of nitrogens with two attached hydrogens (primary N) is 1. The van der Waals surface area contributed by atoms with Crippen molar-refractivity contribution in [2.45, 2.75) is 44.4 Å². The van der Waals surface area contributed by atoms with Crippen LogP contribution < -0.4 is 10.6 Å². The molecular formula is C14H19F3N2. The zero-order valence-corrected chi connectivity index (χ0v) is 11.0. The van der Waals surface area contributed by atoms with E-state index in [-0.39, 0.29) is 12.1 Å². The normalized spacial score (nSPS) is 17.3. The number of hydrogen-bond acceptors (Lipinski definition) is 2. The second kappa shape index (κ2) is 5.41. The summed E-state index contributed by atoms with van der Waals surface area (Å²) in [4.78, 5) is 1.48. The van der Waals surface area contributed by atoms with Gasteiger partial charge < -0.3 is 10.6 Å². The number of nitrogens with zero attached hydrogens (tertiary/aromatic N) is 1. The van der Waals surface area contributed by atoms with E-state index in [2.05, 4.69) is 0 Å². The lowest BCUT2D eigenvalue weighted by Gasteiger charge is -2.28. The molecule has 0 heterocycles. The van der Waals surface area contributed by atoms with Gasteiger partial charge in [-0.05, 0) is 37.8 Å². The molecule has 0 bridgehead atoms. The average Bonchev–Trinajstić information content (AvgIpc) is 3.08. The summed E-state index contributed by atoms with van der Waals surface area (Å²) >= 11 is 0. The summed E-state index contributed by atoms with van der Waals surface area (Å²) in [7, 11) is 0. The molecule has 0 radical (unpaired) electrons. The molecule has 5 heteroatoms. The third-order valence-corrected chi connectivity index (χ3v) is 3.18. The summed E-state index contributed by atoms with van der Waals surface area (Å²) in [6, 6.07) is 7.22. The van der Waals surface area contributed by atoms with Crippen LogP contribution in [0.1, 0.15) is 25.3 Å². The monoisotopic (exact) mass is 272 g/mol. The Morgan fingerprint density at radius 2 is 1.95 bits per heavy atom. The van der Waals surface area contributed by atoms with E-state index in [0.29, 0.717) is 12.1 Å². The highest BCUT2D eigenvalue weighted by Gasteiger charge is 2.38. The van der Waals surface area contributed by atoms with E-state index < -0.39 is 12.7 Å². The number of benzene rings is 1. The van der Waals surface area contributed by atoms with Crippen LogP contribution in [0, 0.1) is 0 Å². The number of hydrogen-bond donors (Lipinski definition) is 1. The van der Waals surface area contributed by atoms with Gasteiger partial charge in [0.05, 0.1) is 0 Å². The summed E-state index contributed by atoms with van der Waals surface area (Å²) in [5, 5.41) is 0.